The number of carbonyl (C=O) groups excluding carboxylic acids is 1. The van der Waals surface area contributed by atoms with Gasteiger partial charge >= 0.3 is 0 Å². The molecule has 0 aromatic heterocycles. The first-order valence-electron chi connectivity index (χ1n) is 8.85. The lowest BCUT2D eigenvalue weighted by Crippen LogP contribution is -2.41. The van der Waals surface area contributed by atoms with Gasteiger partial charge in [0.25, 0.3) is 0 Å². The molecule has 1 N–H and O–H groups in total. The van der Waals surface area contributed by atoms with Crippen molar-refractivity contribution in [2.24, 2.45) is 0 Å². The summed E-state index contributed by atoms with van der Waals surface area (Å²) >= 11 is 0. The number of carbonyl (C=O) groups is 1. The van der Waals surface area contributed by atoms with Crippen LogP contribution >= 0.6 is 0 Å². The van der Waals surface area contributed by atoms with Gasteiger partial charge in [0.1, 0.15) is 6.04 Å². The van der Waals surface area contributed by atoms with Crippen LogP contribution in [-0.4, -0.2) is 37.5 Å². The third-order valence-electron chi connectivity index (χ3n) is 4.78. The highest BCUT2D eigenvalue weighted by atomic mass is 16.2. The molecule has 2 aromatic rings. The van der Waals surface area contributed by atoms with E-state index in [9.17, 15) is 4.79 Å². The van der Waals surface area contributed by atoms with Crippen molar-refractivity contribution in [1.82, 2.24) is 4.90 Å². The van der Waals surface area contributed by atoms with Crippen LogP contribution in [0.5, 0.6) is 0 Å². The van der Waals surface area contributed by atoms with Gasteiger partial charge < -0.3 is 15.1 Å². The average molecular weight is 337 g/mol. The van der Waals surface area contributed by atoms with Gasteiger partial charge in [-0.3, -0.25) is 4.79 Å². The smallest absolute Gasteiger partial charge is 0.246 e. The molecule has 0 spiro atoms. The quantitative estimate of drug-likeness (QED) is 0.908. The van der Waals surface area contributed by atoms with Gasteiger partial charge in [0.2, 0.25) is 5.91 Å². The van der Waals surface area contributed by atoms with E-state index in [1.54, 1.807) is 0 Å². The first kappa shape index (κ1) is 17.5. The molecule has 0 radical (unpaired) electrons. The lowest BCUT2D eigenvalue weighted by molar-refractivity contribution is -0.117. The summed E-state index contributed by atoms with van der Waals surface area (Å²) in [7, 11) is 4.08. The number of nitrogens with one attached hydrogen (secondary N) is 1. The van der Waals surface area contributed by atoms with Crippen molar-refractivity contribution in [2.45, 2.75) is 32.9 Å². The van der Waals surface area contributed by atoms with Crippen molar-refractivity contribution < 1.29 is 4.79 Å². The van der Waals surface area contributed by atoms with E-state index < -0.39 is 0 Å². The van der Waals surface area contributed by atoms with Crippen LogP contribution in [0.1, 0.15) is 23.6 Å². The maximum atomic E-state index is 12.9. The van der Waals surface area contributed by atoms with Crippen LogP contribution in [0.15, 0.2) is 42.5 Å². The Morgan fingerprint density at radius 1 is 1.24 bits per heavy atom. The lowest BCUT2D eigenvalue weighted by atomic mass is 10.1. The van der Waals surface area contributed by atoms with Crippen molar-refractivity contribution in [3.05, 3.63) is 59.2 Å². The highest BCUT2D eigenvalue weighted by Crippen LogP contribution is 2.29. The van der Waals surface area contributed by atoms with E-state index in [2.05, 4.69) is 46.3 Å². The summed E-state index contributed by atoms with van der Waals surface area (Å²) in [5.41, 5.74) is 5.76. The third kappa shape index (κ3) is 3.85. The molecule has 132 valence electrons. The minimum atomic E-state index is -0.197. The average Bonchev–Trinajstić information content (AvgIpc) is 3.00. The molecule has 1 amide bonds. The first-order chi connectivity index (χ1) is 12.0. The SMILES string of the molecule is Cc1ccc(NC(=O)[C@H](C)N2CCc3ccccc32)c(CN(C)C)c1. The number of para-hydroxylation sites is 1. The second-order valence-electron chi connectivity index (χ2n) is 7.14. The fourth-order valence-electron chi connectivity index (χ4n) is 3.46. The van der Waals surface area contributed by atoms with Crippen molar-refractivity contribution >= 4 is 17.3 Å². The molecule has 0 bridgehead atoms. The molecule has 0 fully saturated rings. The number of anilines is 2. The molecule has 4 nitrogen and oxygen atoms in total. The van der Waals surface area contributed by atoms with E-state index in [0.29, 0.717) is 0 Å². The topological polar surface area (TPSA) is 35.6 Å². The number of nitrogens with zero attached hydrogens (tertiary/aromatic N) is 2. The fraction of sp³-hybridized carbons (Fsp3) is 0.381. The molecule has 1 heterocycles. The monoisotopic (exact) mass is 337 g/mol. The van der Waals surface area contributed by atoms with Crippen molar-refractivity contribution in [3.8, 4) is 0 Å². The summed E-state index contributed by atoms with van der Waals surface area (Å²) in [6.45, 7) is 5.76. The van der Waals surface area contributed by atoms with Gasteiger partial charge in [0, 0.05) is 24.5 Å². The zero-order chi connectivity index (χ0) is 18.0. The summed E-state index contributed by atoms with van der Waals surface area (Å²) in [5, 5.41) is 3.14. The standard InChI is InChI=1S/C21H27N3O/c1-15-9-10-19(18(13-15)14-23(3)4)22-21(25)16(2)24-12-11-17-7-5-6-8-20(17)24/h5-10,13,16H,11-12,14H2,1-4H3,(H,22,25)/t16-/m0/s1. The molecule has 0 unspecified atom stereocenters. The van der Waals surface area contributed by atoms with Crippen molar-refractivity contribution in [3.63, 3.8) is 0 Å². The first-order valence-corrected chi connectivity index (χ1v) is 8.85. The predicted molar refractivity (Wildman–Crippen MR) is 104 cm³/mol. The lowest BCUT2D eigenvalue weighted by Gasteiger charge is -2.27. The van der Waals surface area contributed by atoms with E-state index in [4.69, 9.17) is 0 Å². The Labute approximate surface area is 150 Å². The number of hydrogen-bond acceptors (Lipinski definition) is 3. The molecule has 25 heavy (non-hydrogen) atoms. The summed E-state index contributed by atoms with van der Waals surface area (Å²) in [5.74, 6) is 0.0422. The normalized spacial score (nSPS) is 14.5. The minimum Gasteiger partial charge on any atom is -0.359 e. The van der Waals surface area contributed by atoms with Gasteiger partial charge in [-0.15, -0.1) is 0 Å². The Hall–Kier alpha value is -2.33. The summed E-state index contributed by atoms with van der Waals surface area (Å²) in [6.07, 6.45) is 1.00. The summed E-state index contributed by atoms with van der Waals surface area (Å²) < 4.78 is 0. The molecule has 2 aromatic carbocycles. The highest BCUT2D eigenvalue weighted by Gasteiger charge is 2.27. The number of hydrogen-bond donors (Lipinski definition) is 1. The van der Waals surface area contributed by atoms with Gasteiger partial charge in [-0.1, -0.05) is 35.9 Å². The molecule has 3 rings (SSSR count). The Kier molecular flexibility index (Phi) is 5.09. The second-order valence-corrected chi connectivity index (χ2v) is 7.14. The molecule has 1 aliphatic rings. The summed E-state index contributed by atoms with van der Waals surface area (Å²) in [4.78, 5) is 17.2. The zero-order valence-corrected chi connectivity index (χ0v) is 15.5. The van der Waals surface area contributed by atoms with Crippen LogP contribution in [-0.2, 0) is 17.8 Å². The molecule has 1 atom stereocenters. The van der Waals surface area contributed by atoms with Crippen LogP contribution in [0.3, 0.4) is 0 Å². The highest BCUT2D eigenvalue weighted by molar-refractivity contribution is 5.97. The van der Waals surface area contributed by atoms with E-state index in [1.807, 2.05) is 39.2 Å². The molecular weight excluding hydrogens is 310 g/mol. The van der Waals surface area contributed by atoms with Gasteiger partial charge in [-0.05, 0) is 57.6 Å². The van der Waals surface area contributed by atoms with Gasteiger partial charge in [0.15, 0.2) is 0 Å². The Balaban J connectivity index is 1.77. The Morgan fingerprint density at radius 3 is 2.76 bits per heavy atom. The van der Waals surface area contributed by atoms with Crippen LogP contribution < -0.4 is 10.2 Å². The molecule has 4 heteroatoms. The fourth-order valence-corrected chi connectivity index (χ4v) is 3.46. The maximum Gasteiger partial charge on any atom is 0.246 e. The Morgan fingerprint density at radius 2 is 2.00 bits per heavy atom. The molecule has 0 aliphatic carbocycles. The van der Waals surface area contributed by atoms with Crippen LogP contribution in [0.2, 0.25) is 0 Å². The van der Waals surface area contributed by atoms with Gasteiger partial charge in [0.05, 0.1) is 0 Å². The van der Waals surface area contributed by atoms with Gasteiger partial charge in [-0.25, -0.2) is 0 Å². The number of aryl methyl sites for hydroxylation is 1. The minimum absolute atomic E-state index is 0.0422. The van der Waals surface area contributed by atoms with E-state index in [-0.39, 0.29) is 11.9 Å². The molecular formula is C21H27N3O. The van der Waals surface area contributed by atoms with E-state index in [1.165, 1.54) is 16.8 Å². The van der Waals surface area contributed by atoms with Crippen LogP contribution in [0.4, 0.5) is 11.4 Å². The number of rotatable bonds is 5. The van der Waals surface area contributed by atoms with Crippen LogP contribution in [0, 0.1) is 6.92 Å². The maximum absolute atomic E-state index is 12.9. The predicted octanol–water partition coefficient (Wildman–Crippen LogP) is 3.45. The van der Waals surface area contributed by atoms with Crippen LogP contribution in [0.25, 0.3) is 0 Å². The van der Waals surface area contributed by atoms with Gasteiger partial charge in [-0.2, -0.15) is 0 Å². The largest absolute Gasteiger partial charge is 0.359 e. The number of fused-ring (bicyclic) bond motifs is 1. The third-order valence-corrected chi connectivity index (χ3v) is 4.78. The van der Waals surface area contributed by atoms with E-state index in [0.717, 1.165) is 30.8 Å². The molecule has 1 aliphatic heterocycles. The van der Waals surface area contributed by atoms with Crippen molar-refractivity contribution in [1.29, 1.82) is 0 Å². The second kappa shape index (κ2) is 7.28. The zero-order valence-electron chi connectivity index (χ0n) is 15.5. The Bertz CT molecular complexity index is 769. The van der Waals surface area contributed by atoms with E-state index >= 15 is 0 Å². The summed E-state index contributed by atoms with van der Waals surface area (Å²) in [6, 6.07) is 14.4. The molecule has 0 saturated heterocycles. The number of amides is 1. The molecule has 0 saturated carbocycles. The number of benzene rings is 2. The van der Waals surface area contributed by atoms with Crippen molar-refractivity contribution in [2.75, 3.05) is 30.9 Å².